The maximum atomic E-state index is 13.7. The first kappa shape index (κ1) is 17.3. The molecule has 6 nitrogen and oxygen atoms in total. The lowest BCUT2D eigenvalue weighted by Crippen LogP contribution is -2.31. The molecule has 0 radical (unpaired) electrons. The van der Waals surface area contributed by atoms with E-state index in [1.165, 1.54) is 16.4 Å². The van der Waals surface area contributed by atoms with Crippen LogP contribution in [0.1, 0.15) is 17.7 Å². The van der Waals surface area contributed by atoms with E-state index in [1.807, 2.05) is 13.0 Å². The molecule has 1 unspecified atom stereocenters. The van der Waals surface area contributed by atoms with Gasteiger partial charge >= 0.3 is 0 Å². The lowest BCUT2D eigenvalue weighted by Gasteiger charge is -2.18. The van der Waals surface area contributed by atoms with E-state index in [9.17, 15) is 12.8 Å². The lowest BCUT2D eigenvalue weighted by atomic mass is 10.2. The van der Waals surface area contributed by atoms with E-state index in [2.05, 4.69) is 4.98 Å². The van der Waals surface area contributed by atoms with Crippen molar-refractivity contribution in [3.05, 3.63) is 53.6 Å². The van der Waals surface area contributed by atoms with Crippen LogP contribution in [0.4, 0.5) is 4.39 Å². The van der Waals surface area contributed by atoms with Crippen LogP contribution in [0.15, 0.2) is 41.4 Å². The first-order valence-corrected chi connectivity index (χ1v) is 9.14. The second-order valence-electron chi connectivity index (χ2n) is 5.75. The van der Waals surface area contributed by atoms with Crippen LogP contribution in [0.5, 0.6) is 5.75 Å². The topological polar surface area (TPSA) is 83.3 Å². The van der Waals surface area contributed by atoms with Crippen LogP contribution in [0.3, 0.4) is 0 Å². The number of pyridine rings is 1. The van der Waals surface area contributed by atoms with E-state index in [1.54, 1.807) is 18.3 Å². The van der Waals surface area contributed by atoms with E-state index in [0.717, 1.165) is 11.8 Å². The number of nitrogens with zero attached hydrogens (tertiary/aromatic N) is 3. The van der Waals surface area contributed by atoms with Gasteiger partial charge in [-0.3, -0.25) is 4.98 Å². The summed E-state index contributed by atoms with van der Waals surface area (Å²) in [6.45, 7) is 2.24. The Kier molecular flexibility index (Phi) is 4.70. The first-order valence-electron chi connectivity index (χ1n) is 7.70. The minimum Gasteiger partial charge on any atom is -0.487 e. The van der Waals surface area contributed by atoms with Gasteiger partial charge < -0.3 is 4.74 Å². The maximum Gasteiger partial charge on any atom is 0.244 e. The molecule has 0 bridgehead atoms. The van der Waals surface area contributed by atoms with Gasteiger partial charge in [0.05, 0.1) is 12.7 Å². The fraction of sp³-hybridized carbons (Fsp3) is 0.294. The Labute approximate surface area is 145 Å². The smallest absolute Gasteiger partial charge is 0.244 e. The number of sulfonamides is 1. The standard InChI is InChI=1S/C17H16FN3O3S/c1-12-5-6-13(10-20-12)24-14-7-8-21(11-14)25(22,23)17-4-2-3-16(18)15(17)9-19/h2-6,10,14H,7-8,11H2,1H3. The molecular weight excluding hydrogens is 345 g/mol. The van der Waals surface area contributed by atoms with Gasteiger partial charge in [0.1, 0.15) is 34.2 Å². The van der Waals surface area contributed by atoms with E-state index in [0.29, 0.717) is 12.2 Å². The molecule has 1 aromatic carbocycles. The van der Waals surface area contributed by atoms with Crippen molar-refractivity contribution in [3.8, 4) is 11.8 Å². The molecule has 0 aliphatic carbocycles. The number of hydrogen-bond donors (Lipinski definition) is 0. The number of hydrogen-bond acceptors (Lipinski definition) is 5. The third kappa shape index (κ3) is 3.48. The van der Waals surface area contributed by atoms with Gasteiger partial charge in [0.15, 0.2) is 0 Å². The van der Waals surface area contributed by atoms with Crippen LogP contribution >= 0.6 is 0 Å². The van der Waals surface area contributed by atoms with Gasteiger partial charge in [-0.1, -0.05) is 6.07 Å². The van der Waals surface area contributed by atoms with Crippen LogP contribution in [-0.2, 0) is 10.0 Å². The largest absolute Gasteiger partial charge is 0.487 e. The van der Waals surface area contributed by atoms with Crippen LogP contribution in [0, 0.1) is 24.1 Å². The molecule has 1 aliphatic heterocycles. The molecule has 0 N–H and O–H groups in total. The SMILES string of the molecule is Cc1ccc(OC2CCN(S(=O)(=O)c3cccc(F)c3C#N)C2)cn1. The molecule has 25 heavy (non-hydrogen) atoms. The number of aryl methyl sites for hydroxylation is 1. The van der Waals surface area contributed by atoms with E-state index >= 15 is 0 Å². The number of benzene rings is 1. The number of halogens is 1. The fourth-order valence-electron chi connectivity index (χ4n) is 2.70. The Bertz CT molecular complexity index is 923. The molecule has 0 amide bonds. The highest BCUT2D eigenvalue weighted by Crippen LogP contribution is 2.26. The summed E-state index contributed by atoms with van der Waals surface area (Å²) in [6.07, 6.45) is 1.77. The summed E-state index contributed by atoms with van der Waals surface area (Å²) in [5, 5.41) is 9.07. The number of rotatable bonds is 4. The van der Waals surface area contributed by atoms with Gasteiger partial charge in [-0.15, -0.1) is 0 Å². The predicted octanol–water partition coefficient (Wildman–Crippen LogP) is 2.24. The van der Waals surface area contributed by atoms with Crippen molar-refractivity contribution in [2.24, 2.45) is 0 Å². The van der Waals surface area contributed by atoms with Gasteiger partial charge in [0, 0.05) is 12.2 Å². The Balaban J connectivity index is 1.78. The third-order valence-corrected chi connectivity index (χ3v) is 5.91. The summed E-state index contributed by atoms with van der Waals surface area (Å²) >= 11 is 0. The molecule has 1 fully saturated rings. The van der Waals surface area contributed by atoms with Gasteiger partial charge in [-0.25, -0.2) is 12.8 Å². The van der Waals surface area contributed by atoms with Gasteiger partial charge in [-0.05, 0) is 37.6 Å². The summed E-state index contributed by atoms with van der Waals surface area (Å²) in [7, 11) is -3.96. The summed E-state index contributed by atoms with van der Waals surface area (Å²) < 4.78 is 46.2. The molecule has 1 aromatic heterocycles. The van der Waals surface area contributed by atoms with Gasteiger partial charge in [-0.2, -0.15) is 9.57 Å². The zero-order valence-corrected chi connectivity index (χ0v) is 14.3. The third-order valence-electron chi connectivity index (χ3n) is 4.00. The minimum atomic E-state index is -3.96. The molecule has 130 valence electrons. The average Bonchev–Trinajstić information content (AvgIpc) is 3.06. The van der Waals surface area contributed by atoms with Crippen LogP contribution in [-0.4, -0.2) is 36.9 Å². The van der Waals surface area contributed by atoms with Crippen molar-refractivity contribution in [1.29, 1.82) is 5.26 Å². The Morgan fingerprint density at radius 2 is 2.16 bits per heavy atom. The molecule has 3 rings (SSSR count). The second kappa shape index (κ2) is 6.78. The van der Waals surface area contributed by atoms with Gasteiger partial charge in [0.25, 0.3) is 0 Å². The lowest BCUT2D eigenvalue weighted by molar-refractivity contribution is 0.214. The number of nitriles is 1. The normalized spacial score (nSPS) is 18.0. The van der Waals surface area contributed by atoms with Crippen molar-refractivity contribution < 1.29 is 17.5 Å². The Morgan fingerprint density at radius 1 is 1.36 bits per heavy atom. The molecule has 0 saturated carbocycles. The van der Waals surface area contributed by atoms with Crippen molar-refractivity contribution in [1.82, 2.24) is 9.29 Å². The highest BCUT2D eigenvalue weighted by molar-refractivity contribution is 7.89. The number of aromatic nitrogens is 1. The predicted molar refractivity (Wildman–Crippen MR) is 87.9 cm³/mol. The summed E-state index contributed by atoms with van der Waals surface area (Å²) in [6, 6.07) is 8.81. The Morgan fingerprint density at radius 3 is 2.84 bits per heavy atom. The molecule has 1 atom stereocenters. The van der Waals surface area contributed by atoms with E-state index in [4.69, 9.17) is 10.00 Å². The number of ether oxygens (including phenoxy) is 1. The van der Waals surface area contributed by atoms with E-state index < -0.39 is 21.4 Å². The summed E-state index contributed by atoms with van der Waals surface area (Å²) in [5.74, 6) is -0.278. The van der Waals surface area contributed by atoms with Crippen LogP contribution < -0.4 is 4.74 Å². The highest BCUT2D eigenvalue weighted by Gasteiger charge is 2.35. The monoisotopic (exact) mass is 361 g/mol. The maximum absolute atomic E-state index is 13.7. The Hall–Kier alpha value is -2.50. The molecular formula is C17H16FN3O3S. The van der Waals surface area contributed by atoms with Crippen LogP contribution in [0.2, 0.25) is 0 Å². The second-order valence-corrected chi connectivity index (χ2v) is 7.66. The summed E-state index contributed by atoms with van der Waals surface area (Å²) in [5.41, 5.74) is 0.396. The molecule has 8 heteroatoms. The van der Waals surface area contributed by atoms with Crippen molar-refractivity contribution in [2.75, 3.05) is 13.1 Å². The minimum absolute atomic E-state index is 0.136. The fourth-order valence-corrected chi connectivity index (χ4v) is 4.33. The molecule has 1 saturated heterocycles. The average molecular weight is 361 g/mol. The molecule has 2 heterocycles. The van der Waals surface area contributed by atoms with Crippen LogP contribution in [0.25, 0.3) is 0 Å². The molecule has 2 aromatic rings. The first-order chi connectivity index (χ1) is 11.9. The van der Waals surface area contributed by atoms with Crippen molar-refractivity contribution >= 4 is 10.0 Å². The van der Waals surface area contributed by atoms with Crippen molar-refractivity contribution in [2.45, 2.75) is 24.3 Å². The summed E-state index contributed by atoms with van der Waals surface area (Å²) in [4.78, 5) is 3.82. The molecule has 0 spiro atoms. The zero-order valence-electron chi connectivity index (χ0n) is 13.5. The van der Waals surface area contributed by atoms with Crippen molar-refractivity contribution in [3.63, 3.8) is 0 Å². The zero-order chi connectivity index (χ0) is 18.0. The van der Waals surface area contributed by atoms with E-state index in [-0.39, 0.29) is 24.1 Å². The van der Waals surface area contributed by atoms with Gasteiger partial charge in [0.2, 0.25) is 10.0 Å². The molecule has 1 aliphatic rings. The highest BCUT2D eigenvalue weighted by atomic mass is 32.2. The quantitative estimate of drug-likeness (QED) is 0.834.